The Kier molecular flexibility index (Phi) is 4.92. The van der Waals surface area contributed by atoms with Gasteiger partial charge in [0.2, 0.25) is 0 Å². The van der Waals surface area contributed by atoms with Crippen LogP contribution >= 0.6 is 11.3 Å². The molecule has 21 heavy (non-hydrogen) atoms. The predicted molar refractivity (Wildman–Crippen MR) is 75.2 cm³/mol. The number of nitrogens with one attached hydrogen (secondary N) is 1. The monoisotopic (exact) mass is 318 g/mol. The van der Waals surface area contributed by atoms with Crippen molar-refractivity contribution < 1.29 is 23.0 Å². The lowest BCUT2D eigenvalue weighted by Gasteiger charge is -2.15. The molecule has 1 unspecified atom stereocenters. The van der Waals surface area contributed by atoms with Gasteiger partial charge < -0.3 is 20.9 Å². The van der Waals surface area contributed by atoms with Gasteiger partial charge in [0.25, 0.3) is 0 Å². The van der Waals surface area contributed by atoms with Crippen molar-refractivity contribution in [1.29, 1.82) is 0 Å². The van der Waals surface area contributed by atoms with E-state index in [1.54, 1.807) is 11.4 Å². The number of benzene rings is 1. The van der Waals surface area contributed by atoms with E-state index in [0.29, 0.717) is 0 Å². The molecule has 1 aromatic heterocycles. The normalized spacial score (nSPS) is 12.4. The third-order valence-electron chi connectivity index (χ3n) is 2.73. The number of hydrogen-bond acceptors (Lipinski definition) is 5. The Labute approximate surface area is 123 Å². The summed E-state index contributed by atoms with van der Waals surface area (Å²) in [5.41, 5.74) is 6.56. The number of hydrogen-bond donors (Lipinski definition) is 3. The molecule has 4 nitrogen and oxygen atoms in total. The average molecular weight is 318 g/mol. The Hall–Kier alpha value is -1.93. The van der Waals surface area contributed by atoms with Gasteiger partial charge in [0.05, 0.1) is 17.5 Å². The molecule has 1 aromatic carbocycles. The van der Waals surface area contributed by atoms with Crippen LogP contribution in [0.5, 0.6) is 5.75 Å². The molecule has 0 spiro atoms. The molecule has 1 heterocycles. The predicted octanol–water partition coefficient (Wildman–Crippen LogP) is 3.22. The van der Waals surface area contributed by atoms with E-state index in [2.05, 4.69) is 10.1 Å². The van der Waals surface area contributed by atoms with Crippen molar-refractivity contribution >= 4 is 22.7 Å². The summed E-state index contributed by atoms with van der Waals surface area (Å²) in [5, 5.41) is 16.3. The van der Waals surface area contributed by atoms with E-state index in [-0.39, 0.29) is 17.9 Å². The Bertz CT molecular complexity index is 593. The summed E-state index contributed by atoms with van der Waals surface area (Å²) in [6, 6.07) is 3.69. The van der Waals surface area contributed by atoms with E-state index in [4.69, 9.17) is 5.73 Å². The number of aliphatic hydroxyl groups is 1. The lowest BCUT2D eigenvalue weighted by Crippen LogP contribution is -2.13. The van der Waals surface area contributed by atoms with Crippen LogP contribution < -0.4 is 15.8 Å². The van der Waals surface area contributed by atoms with Crippen LogP contribution in [0.25, 0.3) is 0 Å². The Morgan fingerprint density at radius 1 is 1.38 bits per heavy atom. The zero-order valence-corrected chi connectivity index (χ0v) is 11.5. The molecule has 1 atom stereocenters. The highest BCUT2D eigenvalue weighted by Gasteiger charge is 2.14. The quantitative estimate of drug-likeness (QED) is 0.716. The summed E-state index contributed by atoms with van der Waals surface area (Å²) < 4.78 is 41.8. The standard InChI is InChI=1S/C13H13F3N2O2S/c14-8-3-9(17)10(4-12(8)20-13(15)16)18-5-11(19)7-1-2-21-6-7/h1-4,6,11,13,18-19H,5,17H2. The minimum atomic E-state index is -3.13. The van der Waals surface area contributed by atoms with Crippen molar-refractivity contribution in [2.75, 3.05) is 17.6 Å². The molecule has 0 aliphatic rings. The number of ether oxygens (including phenoxy) is 1. The first kappa shape index (κ1) is 15.5. The number of rotatable bonds is 6. The highest BCUT2D eigenvalue weighted by Crippen LogP contribution is 2.30. The maximum absolute atomic E-state index is 13.4. The molecule has 4 N–H and O–H groups in total. The van der Waals surface area contributed by atoms with E-state index in [1.165, 1.54) is 11.3 Å². The average Bonchev–Trinajstić information content (AvgIpc) is 2.93. The fourth-order valence-electron chi connectivity index (χ4n) is 1.70. The highest BCUT2D eigenvalue weighted by molar-refractivity contribution is 7.07. The van der Waals surface area contributed by atoms with Gasteiger partial charge in [-0.05, 0) is 22.4 Å². The fraction of sp³-hybridized carbons (Fsp3) is 0.231. The molecule has 0 fully saturated rings. The third kappa shape index (κ3) is 4.02. The number of halogens is 3. The third-order valence-corrected chi connectivity index (χ3v) is 3.44. The summed E-state index contributed by atoms with van der Waals surface area (Å²) in [5.74, 6) is -1.58. The van der Waals surface area contributed by atoms with Crippen molar-refractivity contribution in [3.8, 4) is 5.75 Å². The number of anilines is 2. The SMILES string of the molecule is Nc1cc(F)c(OC(F)F)cc1NCC(O)c1ccsc1. The van der Waals surface area contributed by atoms with E-state index in [1.807, 2.05) is 5.38 Å². The molecule has 114 valence electrons. The second kappa shape index (κ2) is 6.68. The number of thiophene rings is 1. The second-order valence-corrected chi connectivity index (χ2v) is 4.98. The maximum Gasteiger partial charge on any atom is 0.387 e. The smallest absolute Gasteiger partial charge is 0.387 e. The van der Waals surface area contributed by atoms with E-state index >= 15 is 0 Å². The first-order valence-corrected chi connectivity index (χ1v) is 6.89. The lowest BCUT2D eigenvalue weighted by atomic mass is 10.2. The van der Waals surface area contributed by atoms with Crippen LogP contribution in [0.3, 0.4) is 0 Å². The molecular formula is C13H13F3N2O2S. The van der Waals surface area contributed by atoms with Gasteiger partial charge in [-0.25, -0.2) is 4.39 Å². The molecule has 0 aliphatic heterocycles. The van der Waals surface area contributed by atoms with Crippen LogP contribution in [0.15, 0.2) is 29.0 Å². The van der Waals surface area contributed by atoms with Gasteiger partial charge in [0, 0.05) is 18.7 Å². The minimum Gasteiger partial charge on any atom is -0.432 e. The van der Waals surface area contributed by atoms with Gasteiger partial charge >= 0.3 is 6.61 Å². The second-order valence-electron chi connectivity index (χ2n) is 4.20. The van der Waals surface area contributed by atoms with Gasteiger partial charge in [-0.3, -0.25) is 0 Å². The first-order chi connectivity index (χ1) is 9.97. The van der Waals surface area contributed by atoms with Crippen LogP contribution in [-0.4, -0.2) is 18.3 Å². The molecule has 2 aromatic rings. The molecule has 0 aliphatic carbocycles. The minimum absolute atomic E-state index is 0.0339. The molecule has 0 saturated heterocycles. The summed E-state index contributed by atoms with van der Waals surface area (Å²) in [7, 11) is 0. The summed E-state index contributed by atoms with van der Waals surface area (Å²) in [4.78, 5) is 0. The van der Waals surface area contributed by atoms with Gasteiger partial charge in [0.15, 0.2) is 11.6 Å². The summed E-state index contributed by atoms with van der Waals surface area (Å²) in [6.07, 6.45) is -0.792. The van der Waals surface area contributed by atoms with E-state index in [9.17, 15) is 18.3 Å². The van der Waals surface area contributed by atoms with Crippen molar-refractivity contribution in [2.24, 2.45) is 0 Å². The zero-order valence-electron chi connectivity index (χ0n) is 10.7. The highest BCUT2D eigenvalue weighted by atomic mass is 32.1. The van der Waals surface area contributed by atoms with Crippen molar-refractivity contribution in [2.45, 2.75) is 12.7 Å². The molecular weight excluding hydrogens is 305 g/mol. The number of nitrogens with two attached hydrogens (primary N) is 1. The van der Waals surface area contributed by atoms with Crippen molar-refractivity contribution in [1.82, 2.24) is 0 Å². The lowest BCUT2D eigenvalue weighted by molar-refractivity contribution is -0.0521. The van der Waals surface area contributed by atoms with E-state index in [0.717, 1.165) is 17.7 Å². The largest absolute Gasteiger partial charge is 0.432 e. The van der Waals surface area contributed by atoms with Crippen LogP contribution in [0.2, 0.25) is 0 Å². The van der Waals surface area contributed by atoms with E-state index < -0.39 is 24.3 Å². The Morgan fingerprint density at radius 3 is 2.76 bits per heavy atom. The summed E-state index contributed by atoms with van der Waals surface area (Å²) in [6.45, 7) is -3.03. The Morgan fingerprint density at radius 2 is 2.14 bits per heavy atom. The van der Waals surface area contributed by atoms with Crippen LogP contribution in [-0.2, 0) is 0 Å². The molecule has 0 saturated carbocycles. The first-order valence-electron chi connectivity index (χ1n) is 5.95. The molecule has 8 heteroatoms. The Balaban J connectivity index is 2.08. The van der Waals surface area contributed by atoms with Gasteiger partial charge in [-0.15, -0.1) is 0 Å². The van der Waals surface area contributed by atoms with Gasteiger partial charge in [-0.1, -0.05) is 0 Å². The van der Waals surface area contributed by atoms with Gasteiger partial charge in [-0.2, -0.15) is 20.1 Å². The van der Waals surface area contributed by atoms with Crippen LogP contribution in [0.4, 0.5) is 24.5 Å². The maximum atomic E-state index is 13.4. The van der Waals surface area contributed by atoms with Crippen LogP contribution in [0, 0.1) is 5.82 Å². The van der Waals surface area contributed by atoms with Crippen molar-refractivity contribution in [3.63, 3.8) is 0 Å². The molecule has 0 radical (unpaired) electrons. The number of aliphatic hydroxyl groups excluding tert-OH is 1. The molecule has 0 bridgehead atoms. The fourth-order valence-corrected chi connectivity index (χ4v) is 2.40. The zero-order chi connectivity index (χ0) is 15.4. The molecule has 0 amide bonds. The van der Waals surface area contributed by atoms with Crippen molar-refractivity contribution in [3.05, 3.63) is 40.3 Å². The number of nitrogen functional groups attached to an aromatic ring is 1. The topological polar surface area (TPSA) is 67.5 Å². The number of alkyl halides is 2. The van der Waals surface area contributed by atoms with Crippen LogP contribution in [0.1, 0.15) is 11.7 Å². The molecule has 2 rings (SSSR count). The summed E-state index contributed by atoms with van der Waals surface area (Å²) >= 11 is 1.44. The van der Waals surface area contributed by atoms with Gasteiger partial charge in [0.1, 0.15) is 0 Å².